The van der Waals surface area contributed by atoms with Crippen LogP contribution in [0, 0.1) is 0 Å². The highest BCUT2D eigenvalue weighted by molar-refractivity contribution is 5.90. The number of nitrogens with one attached hydrogen (secondary N) is 1. The topological polar surface area (TPSA) is 108 Å². The van der Waals surface area contributed by atoms with Crippen LogP contribution in [0.1, 0.15) is 36.1 Å². The number of rotatable bonds is 3. The molecule has 0 spiro atoms. The predicted molar refractivity (Wildman–Crippen MR) is 109 cm³/mol. The fraction of sp³-hybridized carbons (Fsp3) is 0.429. The number of pyridine rings is 2. The van der Waals surface area contributed by atoms with Crippen LogP contribution in [0.4, 0.5) is 5.82 Å². The molecule has 29 heavy (non-hydrogen) atoms. The van der Waals surface area contributed by atoms with E-state index in [0.29, 0.717) is 24.0 Å². The number of nitrogen functional groups attached to an aromatic ring is 1. The highest BCUT2D eigenvalue weighted by atomic mass is 16.5. The van der Waals surface area contributed by atoms with E-state index in [1.807, 2.05) is 18.3 Å². The van der Waals surface area contributed by atoms with Crippen molar-refractivity contribution in [2.24, 2.45) is 0 Å². The zero-order chi connectivity index (χ0) is 19.6. The summed E-state index contributed by atoms with van der Waals surface area (Å²) in [7, 11) is 0. The lowest BCUT2D eigenvalue weighted by molar-refractivity contribution is 0.0250. The number of fused-ring (bicyclic) bond motifs is 1. The quantitative estimate of drug-likeness (QED) is 0.699. The minimum absolute atomic E-state index is 0.00676. The van der Waals surface area contributed by atoms with Gasteiger partial charge in [0.05, 0.1) is 23.4 Å². The van der Waals surface area contributed by atoms with Crippen LogP contribution >= 0.6 is 0 Å². The van der Waals surface area contributed by atoms with Crippen LogP contribution in [0.5, 0.6) is 0 Å². The minimum Gasteiger partial charge on any atom is -0.383 e. The van der Waals surface area contributed by atoms with Crippen LogP contribution in [0.3, 0.4) is 0 Å². The van der Waals surface area contributed by atoms with E-state index in [9.17, 15) is 0 Å². The average molecular weight is 392 g/mol. The molecule has 2 fully saturated rings. The Bertz CT molecular complexity index is 998. The molecule has 0 saturated carbocycles. The molecule has 0 bridgehead atoms. The van der Waals surface area contributed by atoms with Crippen LogP contribution < -0.4 is 11.1 Å². The molecule has 2 aliphatic heterocycles. The number of nitrogens with zero attached hydrogens (tertiary/aromatic N) is 4. The third-order valence-electron chi connectivity index (χ3n) is 5.66. The molecule has 2 saturated heterocycles. The number of nitrogens with two attached hydrogens (primary N) is 1. The summed E-state index contributed by atoms with van der Waals surface area (Å²) >= 11 is 0. The monoisotopic (exact) mass is 392 g/mol. The van der Waals surface area contributed by atoms with Gasteiger partial charge in [0.15, 0.2) is 5.65 Å². The van der Waals surface area contributed by atoms with Crippen molar-refractivity contribution in [2.45, 2.75) is 24.9 Å². The number of hydrogen-bond donors (Lipinski definition) is 2. The largest absolute Gasteiger partial charge is 0.383 e. The van der Waals surface area contributed by atoms with Gasteiger partial charge in [0.2, 0.25) is 0 Å². The van der Waals surface area contributed by atoms with Gasteiger partial charge in [-0.3, -0.25) is 4.98 Å². The summed E-state index contributed by atoms with van der Waals surface area (Å²) < 4.78 is 11.3. The molecule has 150 valence electrons. The lowest BCUT2D eigenvalue weighted by atomic mass is 9.89. The number of ether oxygens (including phenoxy) is 2. The van der Waals surface area contributed by atoms with Crippen molar-refractivity contribution >= 4 is 16.9 Å². The first-order valence-electron chi connectivity index (χ1n) is 10.1. The summed E-state index contributed by atoms with van der Waals surface area (Å²) in [5, 5.41) is 4.19. The molecule has 0 radical (unpaired) electrons. The Kier molecular flexibility index (Phi) is 5.05. The molecule has 5 rings (SSSR count). The summed E-state index contributed by atoms with van der Waals surface area (Å²) in [6, 6.07) is 6.18. The molecule has 0 amide bonds. The fourth-order valence-electron chi connectivity index (χ4n) is 4.10. The molecule has 0 aromatic carbocycles. The molecule has 8 heteroatoms. The maximum Gasteiger partial charge on any atom is 0.165 e. The maximum atomic E-state index is 6.20. The lowest BCUT2D eigenvalue weighted by Crippen LogP contribution is -2.33. The van der Waals surface area contributed by atoms with Crippen LogP contribution in [0.15, 0.2) is 30.7 Å². The summed E-state index contributed by atoms with van der Waals surface area (Å²) in [4.78, 5) is 18.0. The van der Waals surface area contributed by atoms with Crippen molar-refractivity contribution in [3.05, 3.63) is 42.0 Å². The maximum absolute atomic E-state index is 6.20. The molecule has 3 aromatic heterocycles. The number of morpholine rings is 1. The first-order chi connectivity index (χ1) is 14.3. The molecule has 3 aromatic rings. The standard InChI is InChI=1S/C21H24N6O2/c22-20-19-15(13-3-6-28-7-4-13)9-17(27-21(19)26-12-25-20)14-1-2-16(24-10-14)18-11-23-5-8-29-18/h1-2,9-10,12-13,18,23H,3-8,11H2,(H2,22,25,26,27). The van der Waals surface area contributed by atoms with E-state index < -0.39 is 0 Å². The van der Waals surface area contributed by atoms with Gasteiger partial charge in [-0.15, -0.1) is 0 Å². The molecule has 5 heterocycles. The molecule has 8 nitrogen and oxygen atoms in total. The molecular weight excluding hydrogens is 368 g/mol. The predicted octanol–water partition coefficient (Wildman–Crippen LogP) is 2.22. The first-order valence-corrected chi connectivity index (χ1v) is 10.1. The van der Waals surface area contributed by atoms with Crippen molar-refractivity contribution in [1.29, 1.82) is 0 Å². The Morgan fingerprint density at radius 1 is 1.07 bits per heavy atom. The highest BCUT2D eigenvalue weighted by Gasteiger charge is 2.22. The zero-order valence-electron chi connectivity index (χ0n) is 16.2. The van der Waals surface area contributed by atoms with E-state index >= 15 is 0 Å². The highest BCUT2D eigenvalue weighted by Crippen LogP contribution is 2.36. The van der Waals surface area contributed by atoms with Gasteiger partial charge in [0, 0.05) is 38.1 Å². The summed E-state index contributed by atoms with van der Waals surface area (Å²) in [5.74, 6) is 0.834. The Balaban J connectivity index is 1.54. The molecule has 0 aliphatic carbocycles. The summed E-state index contributed by atoms with van der Waals surface area (Å²) in [5.41, 5.74) is 10.7. The zero-order valence-corrected chi connectivity index (χ0v) is 16.2. The SMILES string of the molecule is Nc1ncnc2nc(-c3ccc(C4CNCCO4)nc3)cc(C3CCOCC3)c12. The summed E-state index contributed by atoms with van der Waals surface area (Å²) in [6.45, 7) is 3.88. The molecular formula is C21H24N6O2. The third-order valence-corrected chi connectivity index (χ3v) is 5.66. The van der Waals surface area contributed by atoms with E-state index in [1.54, 1.807) is 0 Å². The van der Waals surface area contributed by atoms with E-state index in [1.165, 1.54) is 6.33 Å². The molecule has 1 unspecified atom stereocenters. The van der Waals surface area contributed by atoms with Crippen molar-refractivity contribution in [3.63, 3.8) is 0 Å². The van der Waals surface area contributed by atoms with E-state index in [-0.39, 0.29) is 6.10 Å². The Hall–Kier alpha value is -2.68. The Morgan fingerprint density at radius 3 is 2.72 bits per heavy atom. The lowest BCUT2D eigenvalue weighted by Gasteiger charge is -2.24. The van der Waals surface area contributed by atoms with Crippen molar-refractivity contribution < 1.29 is 9.47 Å². The van der Waals surface area contributed by atoms with Gasteiger partial charge in [0.1, 0.15) is 18.2 Å². The Labute approximate surface area is 168 Å². The normalized spacial score (nSPS) is 20.8. The number of anilines is 1. The molecule has 1 atom stereocenters. The van der Waals surface area contributed by atoms with Gasteiger partial charge in [-0.25, -0.2) is 15.0 Å². The molecule has 2 aliphatic rings. The van der Waals surface area contributed by atoms with Crippen LogP contribution in [-0.4, -0.2) is 52.8 Å². The van der Waals surface area contributed by atoms with Gasteiger partial charge in [0.25, 0.3) is 0 Å². The van der Waals surface area contributed by atoms with Crippen LogP contribution in [0.2, 0.25) is 0 Å². The van der Waals surface area contributed by atoms with Gasteiger partial charge >= 0.3 is 0 Å². The minimum atomic E-state index is -0.00676. The summed E-state index contributed by atoms with van der Waals surface area (Å²) in [6.07, 6.45) is 5.23. The van der Waals surface area contributed by atoms with E-state index in [2.05, 4.69) is 26.3 Å². The van der Waals surface area contributed by atoms with Crippen LogP contribution in [0.25, 0.3) is 22.3 Å². The third kappa shape index (κ3) is 3.66. The number of aromatic nitrogens is 4. The average Bonchev–Trinajstić information content (AvgIpc) is 2.80. The first kappa shape index (κ1) is 18.4. The second-order valence-electron chi connectivity index (χ2n) is 7.48. The van der Waals surface area contributed by atoms with Crippen LogP contribution in [-0.2, 0) is 9.47 Å². The van der Waals surface area contributed by atoms with Gasteiger partial charge in [-0.2, -0.15) is 0 Å². The van der Waals surface area contributed by atoms with Crippen molar-refractivity contribution in [3.8, 4) is 11.3 Å². The van der Waals surface area contributed by atoms with Gasteiger partial charge in [-0.05, 0) is 42.5 Å². The van der Waals surface area contributed by atoms with Crippen molar-refractivity contribution in [2.75, 3.05) is 38.6 Å². The second kappa shape index (κ2) is 7.98. The van der Waals surface area contributed by atoms with E-state index in [0.717, 1.165) is 67.0 Å². The van der Waals surface area contributed by atoms with E-state index in [4.69, 9.17) is 20.2 Å². The van der Waals surface area contributed by atoms with Gasteiger partial charge < -0.3 is 20.5 Å². The number of hydrogen-bond acceptors (Lipinski definition) is 8. The van der Waals surface area contributed by atoms with Crippen molar-refractivity contribution in [1.82, 2.24) is 25.3 Å². The Morgan fingerprint density at radius 2 is 1.97 bits per heavy atom. The smallest absolute Gasteiger partial charge is 0.165 e. The molecule has 3 N–H and O–H groups in total. The second-order valence-corrected chi connectivity index (χ2v) is 7.48. The van der Waals surface area contributed by atoms with Gasteiger partial charge in [-0.1, -0.05) is 0 Å². The fourth-order valence-corrected chi connectivity index (χ4v) is 4.10.